The van der Waals surface area contributed by atoms with Crippen molar-refractivity contribution >= 4 is 29.9 Å². The van der Waals surface area contributed by atoms with Crippen LogP contribution in [-0.2, 0) is 57.5 Å². The van der Waals surface area contributed by atoms with Crippen molar-refractivity contribution in [2.45, 2.75) is 110 Å². The summed E-state index contributed by atoms with van der Waals surface area (Å²) in [5.74, 6) is -0.768. The number of hydrogen-bond acceptors (Lipinski definition) is 11. The Hall–Kier alpha value is -4.97. The van der Waals surface area contributed by atoms with Crippen molar-refractivity contribution in [3.05, 3.63) is 64.7 Å². The normalized spacial score (nSPS) is 17.0. The van der Waals surface area contributed by atoms with E-state index in [4.69, 9.17) is 28.4 Å². The van der Waals surface area contributed by atoms with Crippen molar-refractivity contribution in [2.75, 3.05) is 73.1 Å². The molecular formula is C46H69N5O12. The number of alkyl carbamates (subject to hydrolysis) is 1. The zero-order chi connectivity index (χ0) is 46.2. The zero-order valence-electron chi connectivity index (χ0n) is 38.3. The highest BCUT2D eigenvalue weighted by atomic mass is 16.6. The number of nitrogens with zero attached hydrogens (tertiary/aromatic N) is 2. The van der Waals surface area contributed by atoms with Gasteiger partial charge in [-0.25, -0.2) is 9.59 Å². The van der Waals surface area contributed by atoms with Gasteiger partial charge >= 0.3 is 12.2 Å². The number of nitrogens with one attached hydrogen (secondary N) is 3. The molecule has 0 aromatic heterocycles. The van der Waals surface area contributed by atoms with Gasteiger partial charge in [0.05, 0.1) is 58.9 Å². The van der Waals surface area contributed by atoms with Gasteiger partial charge < -0.3 is 54.4 Å². The Labute approximate surface area is 371 Å². The molecule has 0 fully saturated rings. The molecule has 0 saturated carbocycles. The van der Waals surface area contributed by atoms with Gasteiger partial charge in [-0.05, 0) is 86.8 Å². The number of benzene rings is 2. The highest BCUT2D eigenvalue weighted by Gasteiger charge is 2.43. The molecule has 0 spiro atoms. The van der Waals surface area contributed by atoms with Crippen LogP contribution in [0.25, 0.3) is 0 Å². The predicted octanol–water partition coefficient (Wildman–Crippen LogP) is 4.63. The van der Waals surface area contributed by atoms with Crippen molar-refractivity contribution in [3.63, 3.8) is 0 Å². The Morgan fingerprint density at radius 1 is 0.825 bits per heavy atom. The molecule has 1 heterocycles. The summed E-state index contributed by atoms with van der Waals surface area (Å²) in [5, 5.41) is 18.2. The van der Waals surface area contributed by atoms with E-state index in [1.807, 2.05) is 57.2 Å². The van der Waals surface area contributed by atoms with E-state index in [1.54, 1.807) is 20.8 Å². The highest BCUT2D eigenvalue weighted by molar-refractivity contribution is 5.94. The standard InChI is InChI=1S/C46H69N5O12/c1-31(50(8)44(56)57)40(52)49-39(45(2,3)4)42(54)51-30-34-28-35(17-16-33(34)29-38(51)41(53)48-37-15-11-13-32-12-9-10-14-36(32)37)62-27-26-61-25-24-60-23-22-59-21-20-58-19-18-47-43(55)63-46(5,6)7/h9-10,12,14,16-17,28,31,37-39H,11,13,15,18-27,29-30H2,1-8H3,(H,47,55)(H,48,53)(H,49,52)(H,56,57)/t31-,37+,38-,39+/m0/s1. The second-order valence-corrected chi connectivity index (χ2v) is 17.9. The minimum absolute atomic E-state index is 0.0929. The molecule has 5 amide bonds. The first-order chi connectivity index (χ1) is 29.9. The van der Waals surface area contributed by atoms with Gasteiger partial charge in [0.1, 0.15) is 36.1 Å². The number of likely N-dealkylation sites (N-methyl/N-ethyl adjacent to an activating group) is 1. The predicted molar refractivity (Wildman–Crippen MR) is 234 cm³/mol. The van der Waals surface area contributed by atoms with Gasteiger partial charge in [-0.15, -0.1) is 0 Å². The molecule has 0 saturated heterocycles. The van der Waals surface area contributed by atoms with Crippen LogP contribution in [0.15, 0.2) is 42.5 Å². The molecule has 4 atom stereocenters. The van der Waals surface area contributed by atoms with Crippen LogP contribution >= 0.6 is 0 Å². The van der Waals surface area contributed by atoms with Crippen LogP contribution < -0.4 is 20.7 Å². The summed E-state index contributed by atoms with van der Waals surface area (Å²) < 4.78 is 33.4. The number of rotatable bonds is 22. The third kappa shape index (κ3) is 16.3. The molecule has 1 aliphatic carbocycles. The average molecular weight is 884 g/mol. The van der Waals surface area contributed by atoms with E-state index < -0.39 is 53.1 Å². The minimum atomic E-state index is -1.27. The third-order valence-corrected chi connectivity index (χ3v) is 10.8. The van der Waals surface area contributed by atoms with Crippen LogP contribution in [0.5, 0.6) is 5.75 Å². The fourth-order valence-electron chi connectivity index (χ4n) is 7.23. The first kappa shape index (κ1) is 50.7. The zero-order valence-corrected chi connectivity index (χ0v) is 38.3. The number of carbonyl (C=O) groups is 5. The van der Waals surface area contributed by atoms with Gasteiger partial charge in [0.15, 0.2) is 0 Å². The third-order valence-electron chi connectivity index (χ3n) is 10.8. The Bertz CT molecular complexity index is 1830. The van der Waals surface area contributed by atoms with Gasteiger partial charge in [0, 0.05) is 26.6 Å². The van der Waals surface area contributed by atoms with Crippen molar-refractivity contribution in [1.82, 2.24) is 25.8 Å². The molecule has 1 aliphatic heterocycles. The van der Waals surface area contributed by atoms with E-state index in [0.717, 1.165) is 40.9 Å². The number of ether oxygens (including phenoxy) is 6. The largest absolute Gasteiger partial charge is 0.491 e. The van der Waals surface area contributed by atoms with Gasteiger partial charge in [-0.2, -0.15) is 0 Å². The minimum Gasteiger partial charge on any atom is -0.491 e. The van der Waals surface area contributed by atoms with Crippen LogP contribution in [0.4, 0.5) is 9.59 Å². The second-order valence-electron chi connectivity index (χ2n) is 17.9. The quantitative estimate of drug-likeness (QED) is 0.120. The van der Waals surface area contributed by atoms with Gasteiger partial charge in [-0.3, -0.25) is 19.3 Å². The maximum absolute atomic E-state index is 14.7. The molecule has 0 unspecified atom stereocenters. The number of carboxylic acid groups (broad SMARTS) is 1. The Morgan fingerprint density at radius 3 is 2.06 bits per heavy atom. The summed E-state index contributed by atoms with van der Waals surface area (Å²) in [5.41, 5.74) is 2.65. The van der Waals surface area contributed by atoms with Gasteiger partial charge in [0.25, 0.3) is 0 Å². The molecular weight excluding hydrogens is 815 g/mol. The smallest absolute Gasteiger partial charge is 0.407 e. The van der Waals surface area contributed by atoms with E-state index in [0.29, 0.717) is 65.1 Å². The van der Waals surface area contributed by atoms with Crippen molar-refractivity contribution in [3.8, 4) is 5.75 Å². The lowest BCUT2D eigenvalue weighted by molar-refractivity contribution is -0.147. The number of hydrogen-bond donors (Lipinski definition) is 4. The van der Waals surface area contributed by atoms with Crippen LogP contribution in [0.2, 0.25) is 0 Å². The van der Waals surface area contributed by atoms with E-state index in [2.05, 4.69) is 22.0 Å². The van der Waals surface area contributed by atoms with E-state index in [-0.39, 0.29) is 31.5 Å². The Balaban J connectivity index is 1.28. The maximum Gasteiger partial charge on any atom is 0.407 e. The molecule has 17 heteroatoms. The molecule has 2 aromatic carbocycles. The summed E-state index contributed by atoms with van der Waals surface area (Å²) in [6.45, 7) is 16.0. The van der Waals surface area contributed by atoms with Crippen molar-refractivity contribution in [1.29, 1.82) is 0 Å². The Morgan fingerprint density at radius 2 is 1.44 bits per heavy atom. The van der Waals surface area contributed by atoms with Crippen LogP contribution in [0, 0.1) is 5.41 Å². The molecule has 0 radical (unpaired) electrons. The van der Waals surface area contributed by atoms with Crippen molar-refractivity contribution < 1.29 is 57.5 Å². The number of aryl methyl sites for hydroxylation is 1. The lowest BCUT2D eigenvalue weighted by Gasteiger charge is -2.42. The molecule has 17 nitrogen and oxygen atoms in total. The van der Waals surface area contributed by atoms with Crippen LogP contribution in [0.3, 0.4) is 0 Å². The summed E-state index contributed by atoms with van der Waals surface area (Å²) in [6, 6.07) is 10.5. The fraction of sp³-hybridized carbons (Fsp3) is 0.630. The van der Waals surface area contributed by atoms with Gasteiger partial charge in [0.2, 0.25) is 17.7 Å². The SMILES string of the molecule is C[C@@H](C(=O)N[C@H](C(=O)N1Cc2cc(OCCOCCOCCOCCOCCNC(=O)OC(C)(C)C)ccc2C[C@H]1C(=O)N[C@@H]1CCCc2ccccc21)C(C)(C)C)N(C)C(=O)O. The summed E-state index contributed by atoms with van der Waals surface area (Å²) in [4.78, 5) is 68.1. The fourth-order valence-corrected chi connectivity index (χ4v) is 7.23. The number of fused-ring (bicyclic) bond motifs is 2. The molecule has 2 aromatic rings. The lowest BCUT2D eigenvalue weighted by atomic mass is 9.83. The summed E-state index contributed by atoms with van der Waals surface area (Å²) in [7, 11) is 1.30. The van der Waals surface area contributed by atoms with Crippen molar-refractivity contribution in [2.24, 2.45) is 5.41 Å². The van der Waals surface area contributed by atoms with Crippen LogP contribution in [-0.4, -0.2) is 142 Å². The van der Waals surface area contributed by atoms with E-state index in [1.165, 1.54) is 24.4 Å². The Kier molecular flexibility index (Phi) is 19.5. The highest BCUT2D eigenvalue weighted by Crippen LogP contribution is 2.33. The lowest BCUT2D eigenvalue weighted by Crippen LogP contribution is -2.62. The topological polar surface area (TPSA) is 204 Å². The molecule has 2 aliphatic rings. The molecule has 4 N–H and O–H groups in total. The number of amides is 5. The second kappa shape index (κ2) is 24.2. The molecule has 350 valence electrons. The average Bonchev–Trinajstić information content (AvgIpc) is 3.23. The first-order valence-electron chi connectivity index (χ1n) is 21.8. The van der Waals surface area contributed by atoms with Gasteiger partial charge in [-0.1, -0.05) is 51.1 Å². The van der Waals surface area contributed by atoms with Crippen LogP contribution in [0.1, 0.15) is 89.6 Å². The molecule has 0 bridgehead atoms. The monoisotopic (exact) mass is 883 g/mol. The van der Waals surface area contributed by atoms with E-state index >= 15 is 0 Å². The van der Waals surface area contributed by atoms with E-state index in [9.17, 15) is 29.1 Å². The summed E-state index contributed by atoms with van der Waals surface area (Å²) >= 11 is 0. The first-order valence-corrected chi connectivity index (χ1v) is 21.8. The molecule has 63 heavy (non-hydrogen) atoms. The maximum atomic E-state index is 14.7. The molecule has 4 rings (SSSR count). The summed E-state index contributed by atoms with van der Waals surface area (Å²) in [6.07, 6.45) is 1.14. The number of carbonyl (C=O) groups excluding carboxylic acids is 4.